The number of amides is 2. The van der Waals surface area contributed by atoms with Gasteiger partial charge >= 0.3 is 5.97 Å². The predicted octanol–water partition coefficient (Wildman–Crippen LogP) is 3.58. The maximum Gasteiger partial charge on any atom is 0.347 e. The van der Waals surface area contributed by atoms with Crippen LogP contribution in [0.3, 0.4) is 0 Å². The Morgan fingerprint density at radius 3 is 2.24 bits per heavy atom. The van der Waals surface area contributed by atoms with E-state index < -0.39 is 24.0 Å². The number of halogens is 1. The van der Waals surface area contributed by atoms with Gasteiger partial charge in [0.2, 0.25) is 0 Å². The molecule has 0 aliphatic heterocycles. The smallest absolute Gasteiger partial charge is 0.347 e. The average Bonchev–Trinajstić information content (AvgIpc) is 2.78. The Morgan fingerprint density at radius 1 is 1.03 bits per heavy atom. The van der Waals surface area contributed by atoms with Crippen molar-refractivity contribution in [2.75, 3.05) is 6.61 Å². The molecule has 0 saturated heterocycles. The minimum Gasteiger partial charge on any atom is -0.479 e. The molecule has 2 aromatic rings. The summed E-state index contributed by atoms with van der Waals surface area (Å²) in [4.78, 5) is 36.7. The molecule has 2 aromatic carbocycles. The maximum atomic E-state index is 12.6. The topological polar surface area (TPSA) is 106 Å². The average molecular weight is 474 g/mol. The van der Waals surface area contributed by atoms with Gasteiger partial charge in [0.15, 0.2) is 6.10 Å². The van der Waals surface area contributed by atoms with E-state index in [-0.39, 0.29) is 18.4 Å². The molecule has 0 radical (unpaired) electrons. The third-order valence-electron chi connectivity index (χ3n) is 4.54. The Balaban J connectivity index is 1.92. The van der Waals surface area contributed by atoms with Crippen molar-refractivity contribution in [1.29, 1.82) is 0 Å². The summed E-state index contributed by atoms with van der Waals surface area (Å²) in [5, 5.41) is 7.21. The molecule has 0 heterocycles. The van der Waals surface area contributed by atoms with Gasteiger partial charge in [0.25, 0.3) is 11.8 Å². The first kappa shape index (κ1) is 25.9. The molecule has 9 heteroatoms. The van der Waals surface area contributed by atoms with E-state index in [0.29, 0.717) is 21.9 Å². The SMILES string of the molecule is CCOC(=O)C(C)Oc1ccc(/C=N/NC(=O)C(NC(=O)c2ccc(Cl)cc2)C(C)C)cc1. The van der Waals surface area contributed by atoms with Gasteiger partial charge in [-0.05, 0) is 73.9 Å². The fourth-order valence-corrected chi connectivity index (χ4v) is 2.87. The summed E-state index contributed by atoms with van der Waals surface area (Å²) in [5.41, 5.74) is 3.57. The molecule has 0 aliphatic carbocycles. The number of nitrogens with one attached hydrogen (secondary N) is 2. The maximum absolute atomic E-state index is 12.6. The number of rotatable bonds is 10. The van der Waals surface area contributed by atoms with Crippen molar-refractivity contribution in [2.45, 2.75) is 39.8 Å². The Morgan fingerprint density at radius 2 is 1.67 bits per heavy atom. The Hall–Kier alpha value is -3.39. The van der Waals surface area contributed by atoms with Gasteiger partial charge < -0.3 is 14.8 Å². The number of hydrogen-bond acceptors (Lipinski definition) is 6. The molecule has 2 rings (SSSR count). The van der Waals surface area contributed by atoms with Gasteiger partial charge in [-0.1, -0.05) is 25.4 Å². The van der Waals surface area contributed by atoms with Crippen molar-refractivity contribution in [3.63, 3.8) is 0 Å². The van der Waals surface area contributed by atoms with Crippen molar-refractivity contribution in [2.24, 2.45) is 11.0 Å². The Kier molecular flexibility index (Phi) is 9.87. The fourth-order valence-electron chi connectivity index (χ4n) is 2.75. The molecule has 0 fully saturated rings. The molecule has 0 aromatic heterocycles. The van der Waals surface area contributed by atoms with Crippen LogP contribution in [0, 0.1) is 5.92 Å². The van der Waals surface area contributed by atoms with Gasteiger partial charge in [-0.15, -0.1) is 0 Å². The van der Waals surface area contributed by atoms with Crippen LogP contribution < -0.4 is 15.5 Å². The first-order chi connectivity index (χ1) is 15.7. The molecule has 2 amide bonds. The van der Waals surface area contributed by atoms with E-state index in [9.17, 15) is 14.4 Å². The number of ether oxygens (including phenoxy) is 2. The molecular formula is C24H28ClN3O5. The van der Waals surface area contributed by atoms with Crippen LogP contribution in [0.4, 0.5) is 0 Å². The summed E-state index contributed by atoms with van der Waals surface area (Å²) in [5.74, 6) is -0.909. The molecule has 2 N–H and O–H groups in total. The lowest BCUT2D eigenvalue weighted by molar-refractivity contribution is -0.150. The molecule has 0 spiro atoms. The second-order valence-electron chi connectivity index (χ2n) is 7.52. The number of hydrazone groups is 1. The zero-order valence-electron chi connectivity index (χ0n) is 19.0. The van der Waals surface area contributed by atoms with Gasteiger partial charge in [-0.3, -0.25) is 9.59 Å². The second kappa shape index (κ2) is 12.6. The zero-order chi connectivity index (χ0) is 24.4. The summed E-state index contributed by atoms with van der Waals surface area (Å²) in [6, 6.07) is 12.4. The fraction of sp³-hybridized carbons (Fsp3) is 0.333. The second-order valence-corrected chi connectivity index (χ2v) is 7.95. The molecule has 176 valence electrons. The number of carbonyl (C=O) groups is 3. The number of esters is 1. The Bertz CT molecular complexity index is 975. The Labute approximate surface area is 198 Å². The molecule has 0 saturated carbocycles. The largest absolute Gasteiger partial charge is 0.479 e. The van der Waals surface area contributed by atoms with Gasteiger partial charge in [0, 0.05) is 10.6 Å². The monoisotopic (exact) mass is 473 g/mol. The minimum atomic E-state index is -0.773. The van der Waals surface area contributed by atoms with E-state index in [0.717, 1.165) is 0 Å². The van der Waals surface area contributed by atoms with Crippen LogP contribution in [0.1, 0.15) is 43.6 Å². The van der Waals surface area contributed by atoms with Gasteiger partial charge in [0.05, 0.1) is 12.8 Å². The molecule has 8 nitrogen and oxygen atoms in total. The first-order valence-electron chi connectivity index (χ1n) is 10.5. The summed E-state index contributed by atoms with van der Waals surface area (Å²) in [7, 11) is 0. The highest BCUT2D eigenvalue weighted by atomic mass is 35.5. The van der Waals surface area contributed by atoms with Gasteiger partial charge in [-0.2, -0.15) is 5.10 Å². The van der Waals surface area contributed by atoms with Crippen molar-refractivity contribution in [1.82, 2.24) is 10.7 Å². The number of hydrogen-bond donors (Lipinski definition) is 2. The van der Waals surface area contributed by atoms with Gasteiger partial charge in [-0.25, -0.2) is 10.2 Å². The molecule has 33 heavy (non-hydrogen) atoms. The highest BCUT2D eigenvalue weighted by Gasteiger charge is 2.24. The number of benzene rings is 2. The molecular weight excluding hydrogens is 446 g/mol. The minimum absolute atomic E-state index is 0.158. The summed E-state index contributed by atoms with van der Waals surface area (Å²) in [6.45, 7) is 7.28. The highest BCUT2D eigenvalue weighted by molar-refractivity contribution is 6.30. The van der Waals surface area contributed by atoms with Gasteiger partial charge in [0.1, 0.15) is 11.8 Å². The van der Waals surface area contributed by atoms with Crippen LogP contribution in [-0.4, -0.2) is 42.8 Å². The van der Waals surface area contributed by atoms with Crippen LogP contribution in [0.5, 0.6) is 5.75 Å². The standard InChI is InChI=1S/C24H28ClN3O5/c1-5-32-24(31)16(4)33-20-12-6-17(7-13-20)14-26-28-23(30)21(15(2)3)27-22(29)18-8-10-19(25)11-9-18/h6-16,21H,5H2,1-4H3,(H,27,29)(H,28,30)/b26-14+. The van der Waals surface area contributed by atoms with Crippen molar-refractivity contribution >= 4 is 35.6 Å². The quantitative estimate of drug-likeness (QED) is 0.311. The van der Waals surface area contributed by atoms with Crippen LogP contribution in [0.25, 0.3) is 0 Å². The van der Waals surface area contributed by atoms with E-state index in [4.69, 9.17) is 21.1 Å². The molecule has 2 unspecified atom stereocenters. The predicted molar refractivity (Wildman–Crippen MR) is 126 cm³/mol. The highest BCUT2D eigenvalue weighted by Crippen LogP contribution is 2.14. The molecule has 2 atom stereocenters. The summed E-state index contributed by atoms with van der Waals surface area (Å²) in [6.07, 6.45) is 0.745. The molecule has 0 bridgehead atoms. The normalized spacial score (nSPS) is 12.8. The lowest BCUT2D eigenvalue weighted by Gasteiger charge is -2.20. The third-order valence-corrected chi connectivity index (χ3v) is 4.79. The van der Waals surface area contributed by atoms with Crippen molar-refractivity contribution in [3.05, 3.63) is 64.7 Å². The van der Waals surface area contributed by atoms with E-state index in [1.807, 2.05) is 13.8 Å². The number of nitrogens with zero attached hydrogens (tertiary/aromatic N) is 1. The van der Waals surface area contributed by atoms with Crippen molar-refractivity contribution < 1.29 is 23.9 Å². The van der Waals surface area contributed by atoms with Crippen LogP contribution in [0.15, 0.2) is 53.6 Å². The lowest BCUT2D eigenvalue weighted by atomic mass is 10.0. The lowest BCUT2D eigenvalue weighted by Crippen LogP contribution is -2.48. The zero-order valence-corrected chi connectivity index (χ0v) is 19.8. The van der Waals surface area contributed by atoms with Crippen LogP contribution >= 0.6 is 11.6 Å². The van der Waals surface area contributed by atoms with Crippen LogP contribution in [0.2, 0.25) is 5.02 Å². The van der Waals surface area contributed by atoms with Crippen LogP contribution in [-0.2, 0) is 14.3 Å². The first-order valence-corrected chi connectivity index (χ1v) is 10.9. The summed E-state index contributed by atoms with van der Waals surface area (Å²) < 4.78 is 10.4. The number of carbonyl (C=O) groups excluding carboxylic acids is 3. The summed E-state index contributed by atoms with van der Waals surface area (Å²) >= 11 is 5.85. The van der Waals surface area contributed by atoms with Crippen molar-refractivity contribution in [3.8, 4) is 5.75 Å². The van der Waals surface area contributed by atoms with E-state index >= 15 is 0 Å². The van der Waals surface area contributed by atoms with E-state index in [1.54, 1.807) is 62.4 Å². The van der Waals surface area contributed by atoms with E-state index in [1.165, 1.54) is 6.21 Å². The third kappa shape index (κ3) is 8.23. The molecule has 0 aliphatic rings. The van der Waals surface area contributed by atoms with E-state index in [2.05, 4.69) is 15.8 Å².